The zero-order chi connectivity index (χ0) is 28.7. The molecule has 5 aliphatic rings. The average molecular weight is 563 g/mol. The molecule has 9 nitrogen and oxygen atoms in total. The molecule has 41 heavy (non-hydrogen) atoms. The van der Waals surface area contributed by atoms with Gasteiger partial charge in [-0.15, -0.1) is 0 Å². The predicted octanol–water partition coefficient (Wildman–Crippen LogP) is 3.71. The Morgan fingerprint density at radius 3 is 2.85 bits per heavy atom. The number of β-amino-alcohol motifs (C(OH)–C–C–N with tert-alkyl or cyclic N) is 1. The molecular weight excluding hydrogens is 523 g/mol. The molecule has 1 aliphatic carbocycles. The first-order chi connectivity index (χ1) is 19.6. The van der Waals surface area contributed by atoms with Crippen molar-refractivity contribution in [2.75, 3.05) is 36.9 Å². The van der Waals surface area contributed by atoms with E-state index >= 15 is 0 Å². The normalized spacial score (nSPS) is 33.6. The zero-order valence-electron chi connectivity index (χ0n) is 24.1. The quantitative estimate of drug-likeness (QED) is 0.537. The molecule has 0 bridgehead atoms. The van der Waals surface area contributed by atoms with E-state index in [0.717, 1.165) is 54.6 Å². The van der Waals surface area contributed by atoms with Crippen LogP contribution in [0.2, 0.25) is 0 Å². The predicted molar refractivity (Wildman–Crippen MR) is 151 cm³/mol. The number of ether oxygens (including phenoxy) is 2. The lowest BCUT2D eigenvalue weighted by molar-refractivity contribution is -0.0876. The third-order valence-electron chi connectivity index (χ3n) is 10.7. The van der Waals surface area contributed by atoms with Gasteiger partial charge >= 0.3 is 6.01 Å². The first-order valence-corrected chi connectivity index (χ1v) is 14.9. The second-order valence-corrected chi connectivity index (χ2v) is 13.4. The van der Waals surface area contributed by atoms with E-state index < -0.39 is 23.4 Å². The molecule has 3 saturated heterocycles. The number of alkyl halides is 1. The van der Waals surface area contributed by atoms with Gasteiger partial charge in [0.1, 0.15) is 30.3 Å². The molecule has 0 radical (unpaired) electrons. The lowest BCUT2D eigenvalue weighted by atomic mass is 9.69. The Hall–Kier alpha value is -3.00. The molecule has 1 spiro atoms. The average Bonchev–Trinajstić information content (AvgIpc) is 3.47. The number of benzene rings is 1. The van der Waals surface area contributed by atoms with Crippen LogP contribution in [-0.4, -0.2) is 69.6 Å². The van der Waals surface area contributed by atoms with Gasteiger partial charge in [-0.05, 0) is 63.6 Å². The number of fused-ring (bicyclic) bond motifs is 4. The summed E-state index contributed by atoms with van der Waals surface area (Å²) in [4.78, 5) is 14.2. The summed E-state index contributed by atoms with van der Waals surface area (Å²) >= 11 is 0. The number of nitrogen functional groups attached to an aromatic ring is 1. The highest BCUT2D eigenvalue weighted by Gasteiger charge is 2.52. The summed E-state index contributed by atoms with van der Waals surface area (Å²) < 4.78 is 27.5. The van der Waals surface area contributed by atoms with E-state index in [9.17, 15) is 14.8 Å². The topological polar surface area (TPSA) is 121 Å². The van der Waals surface area contributed by atoms with E-state index in [1.54, 1.807) is 0 Å². The van der Waals surface area contributed by atoms with Crippen LogP contribution in [0.25, 0.3) is 0 Å². The van der Waals surface area contributed by atoms with Crippen molar-refractivity contribution in [3.63, 3.8) is 0 Å². The largest absolute Gasteiger partial charge is 0.461 e. The molecule has 2 aromatic rings. The third kappa shape index (κ3) is 3.96. The van der Waals surface area contributed by atoms with Crippen LogP contribution in [-0.2, 0) is 23.4 Å². The molecule has 4 aliphatic heterocycles. The van der Waals surface area contributed by atoms with Gasteiger partial charge in [0.15, 0.2) is 0 Å². The second kappa shape index (κ2) is 9.25. The van der Waals surface area contributed by atoms with Gasteiger partial charge in [-0.25, -0.2) is 4.39 Å². The number of nitriles is 1. The van der Waals surface area contributed by atoms with Crippen molar-refractivity contribution in [2.45, 2.75) is 101 Å². The van der Waals surface area contributed by atoms with Crippen LogP contribution in [0.1, 0.15) is 86.7 Å². The summed E-state index contributed by atoms with van der Waals surface area (Å²) in [5, 5.41) is 20.7. The van der Waals surface area contributed by atoms with Crippen LogP contribution >= 0.6 is 0 Å². The molecule has 3 N–H and O–H groups in total. The van der Waals surface area contributed by atoms with Crippen molar-refractivity contribution in [3.05, 3.63) is 40.1 Å². The molecule has 218 valence electrons. The summed E-state index contributed by atoms with van der Waals surface area (Å²) in [7, 11) is 0. The van der Waals surface area contributed by atoms with Gasteiger partial charge in [0.05, 0.1) is 35.0 Å². The fraction of sp³-hybridized carbons (Fsp3) is 0.645. The fourth-order valence-electron chi connectivity index (χ4n) is 8.02. The minimum atomic E-state index is -0.838. The molecular formula is C31H39FN6O3. The van der Waals surface area contributed by atoms with E-state index in [1.165, 1.54) is 0 Å². The van der Waals surface area contributed by atoms with Crippen LogP contribution in [0.4, 0.5) is 15.9 Å². The summed E-state index contributed by atoms with van der Waals surface area (Å²) in [6, 6.07) is 6.49. The number of aliphatic hydroxyl groups excluding tert-OH is 1. The Bertz CT molecular complexity index is 1440. The molecule has 5 heterocycles. The maximum absolute atomic E-state index is 14.4. The monoisotopic (exact) mass is 562 g/mol. The Balaban J connectivity index is 1.29. The third-order valence-corrected chi connectivity index (χ3v) is 10.7. The number of nitrogens with zero attached hydrogens (tertiary/aromatic N) is 5. The van der Waals surface area contributed by atoms with Crippen LogP contribution in [0.5, 0.6) is 6.01 Å². The maximum atomic E-state index is 14.4. The lowest BCUT2D eigenvalue weighted by Gasteiger charge is -2.54. The van der Waals surface area contributed by atoms with E-state index in [0.29, 0.717) is 49.6 Å². The Morgan fingerprint density at radius 1 is 1.27 bits per heavy atom. The van der Waals surface area contributed by atoms with Gasteiger partial charge in [0.25, 0.3) is 0 Å². The summed E-state index contributed by atoms with van der Waals surface area (Å²) in [6.45, 7) is 8.60. The van der Waals surface area contributed by atoms with Crippen molar-refractivity contribution in [3.8, 4) is 12.1 Å². The van der Waals surface area contributed by atoms with Gasteiger partial charge < -0.3 is 25.2 Å². The molecule has 1 aromatic carbocycles. The first-order valence-electron chi connectivity index (χ1n) is 14.9. The number of nitrogens with two attached hydrogens (primary N) is 1. The van der Waals surface area contributed by atoms with Crippen molar-refractivity contribution in [1.82, 2.24) is 14.9 Å². The van der Waals surface area contributed by atoms with Gasteiger partial charge in [-0.1, -0.05) is 13.0 Å². The highest BCUT2D eigenvalue weighted by molar-refractivity contribution is 5.64. The summed E-state index contributed by atoms with van der Waals surface area (Å²) in [5.74, 6) is 0.999. The number of aliphatic hydroxyl groups is 1. The SMILES string of the molecule is CC1CCC2(Cc3nc(OCC45CCCN4CC(F)C5)nc(N4CC(O)C4(C)C)c3CO2)c2c1ccc(N)c2C#N. The van der Waals surface area contributed by atoms with Crippen LogP contribution in [0.3, 0.4) is 0 Å². The van der Waals surface area contributed by atoms with Crippen LogP contribution in [0.15, 0.2) is 12.1 Å². The highest BCUT2D eigenvalue weighted by atomic mass is 19.1. The molecule has 5 unspecified atom stereocenters. The molecule has 10 heteroatoms. The second-order valence-electron chi connectivity index (χ2n) is 13.4. The van der Waals surface area contributed by atoms with Gasteiger partial charge in [-0.3, -0.25) is 4.90 Å². The minimum absolute atomic E-state index is 0.272. The Labute approximate surface area is 240 Å². The van der Waals surface area contributed by atoms with Gasteiger partial charge in [-0.2, -0.15) is 15.2 Å². The molecule has 0 amide bonds. The number of aromatic nitrogens is 2. The smallest absolute Gasteiger partial charge is 0.318 e. The van der Waals surface area contributed by atoms with Gasteiger partial charge in [0.2, 0.25) is 0 Å². The number of hydrogen-bond donors (Lipinski definition) is 2. The van der Waals surface area contributed by atoms with Crippen LogP contribution in [0, 0.1) is 11.3 Å². The van der Waals surface area contributed by atoms with E-state index in [1.807, 2.05) is 26.0 Å². The van der Waals surface area contributed by atoms with E-state index in [-0.39, 0.29) is 24.1 Å². The van der Waals surface area contributed by atoms with Crippen molar-refractivity contribution in [2.24, 2.45) is 0 Å². The summed E-state index contributed by atoms with van der Waals surface area (Å²) in [6.07, 6.45) is 3.23. The number of hydrogen-bond acceptors (Lipinski definition) is 9. The van der Waals surface area contributed by atoms with Crippen molar-refractivity contribution >= 4 is 11.5 Å². The van der Waals surface area contributed by atoms with Crippen molar-refractivity contribution in [1.29, 1.82) is 5.26 Å². The fourth-order valence-corrected chi connectivity index (χ4v) is 8.02. The van der Waals surface area contributed by atoms with E-state index in [2.05, 4.69) is 22.8 Å². The van der Waals surface area contributed by atoms with Crippen molar-refractivity contribution < 1.29 is 19.0 Å². The summed E-state index contributed by atoms with van der Waals surface area (Å²) in [5.41, 5.74) is 9.41. The van der Waals surface area contributed by atoms with Crippen LogP contribution < -0.4 is 15.4 Å². The first kappa shape index (κ1) is 26.9. The standard InChI is InChI=1S/C31H39FN6O3/c1-18-7-9-31(26-20(18)5-6-23(34)21(26)13-33)12-24-22(16-41-31)27(38-15-25(39)29(38,2)3)36-28(35-24)40-17-30-8-4-10-37(30)14-19(32)11-30/h5-6,18-19,25,39H,4,7-12,14-17,34H2,1-3H3. The number of anilines is 2. The Morgan fingerprint density at radius 2 is 2.10 bits per heavy atom. The Kier molecular flexibility index (Phi) is 6.06. The highest BCUT2D eigenvalue weighted by Crippen LogP contribution is 2.52. The van der Waals surface area contributed by atoms with Gasteiger partial charge in [0, 0.05) is 42.7 Å². The molecule has 0 saturated carbocycles. The maximum Gasteiger partial charge on any atom is 0.318 e. The molecule has 1 aromatic heterocycles. The minimum Gasteiger partial charge on any atom is -0.461 e. The molecule has 7 rings (SSSR count). The number of halogens is 1. The lowest BCUT2D eigenvalue weighted by Crippen LogP contribution is -2.68. The molecule has 3 fully saturated rings. The number of rotatable bonds is 4. The van der Waals surface area contributed by atoms with E-state index in [4.69, 9.17) is 25.2 Å². The molecule has 5 atom stereocenters. The zero-order valence-corrected chi connectivity index (χ0v) is 24.1.